The third-order valence-electron chi connectivity index (χ3n) is 4.73. The van der Waals surface area contributed by atoms with Crippen LogP contribution in [0.4, 0.5) is 15.8 Å². The SMILES string of the molecule is COc1cc2c(cc1C=Nc1cccc(F)c1)C(C)=CC(C)(C)N2C. The van der Waals surface area contributed by atoms with Gasteiger partial charge in [-0.1, -0.05) is 12.1 Å². The van der Waals surface area contributed by atoms with Crippen LogP contribution in [-0.4, -0.2) is 25.9 Å². The molecule has 130 valence electrons. The molecule has 2 aromatic rings. The first-order chi connectivity index (χ1) is 11.8. The fourth-order valence-electron chi connectivity index (χ4n) is 3.17. The molecular formula is C21H23FN2O. The minimum Gasteiger partial charge on any atom is -0.496 e. The van der Waals surface area contributed by atoms with E-state index in [9.17, 15) is 4.39 Å². The van der Waals surface area contributed by atoms with E-state index in [0.717, 1.165) is 22.6 Å². The zero-order chi connectivity index (χ0) is 18.2. The number of aliphatic imine (C=N–C) groups is 1. The smallest absolute Gasteiger partial charge is 0.129 e. The van der Waals surface area contributed by atoms with Gasteiger partial charge in [0.2, 0.25) is 0 Å². The monoisotopic (exact) mass is 338 g/mol. The number of methoxy groups -OCH3 is 1. The van der Waals surface area contributed by atoms with Gasteiger partial charge in [0.05, 0.1) is 18.3 Å². The summed E-state index contributed by atoms with van der Waals surface area (Å²) in [4.78, 5) is 6.63. The molecule has 0 aromatic heterocycles. The molecule has 0 N–H and O–H groups in total. The van der Waals surface area contributed by atoms with Crippen molar-refractivity contribution in [3.63, 3.8) is 0 Å². The highest BCUT2D eigenvalue weighted by Gasteiger charge is 2.29. The summed E-state index contributed by atoms with van der Waals surface area (Å²) < 4.78 is 18.9. The van der Waals surface area contributed by atoms with Gasteiger partial charge in [-0.15, -0.1) is 0 Å². The molecular weight excluding hydrogens is 315 g/mol. The number of ether oxygens (including phenoxy) is 1. The largest absolute Gasteiger partial charge is 0.496 e. The lowest BCUT2D eigenvalue weighted by Gasteiger charge is -2.40. The van der Waals surface area contributed by atoms with Gasteiger partial charge >= 0.3 is 0 Å². The van der Waals surface area contributed by atoms with Crippen molar-refractivity contribution < 1.29 is 9.13 Å². The molecule has 0 bridgehead atoms. The van der Waals surface area contributed by atoms with Crippen molar-refractivity contribution in [3.8, 4) is 5.75 Å². The minimum atomic E-state index is -0.297. The number of allylic oxidation sites excluding steroid dienone is 1. The van der Waals surface area contributed by atoms with Crippen molar-refractivity contribution in [3.05, 3.63) is 59.4 Å². The Morgan fingerprint density at radius 2 is 1.96 bits per heavy atom. The number of fused-ring (bicyclic) bond motifs is 1. The second-order valence-electron chi connectivity index (χ2n) is 6.89. The first kappa shape index (κ1) is 17.2. The van der Waals surface area contributed by atoms with Gasteiger partial charge in [0.25, 0.3) is 0 Å². The number of likely N-dealkylation sites (N-methyl/N-ethyl adjacent to an activating group) is 1. The van der Waals surface area contributed by atoms with E-state index in [-0.39, 0.29) is 11.4 Å². The highest BCUT2D eigenvalue weighted by atomic mass is 19.1. The zero-order valence-corrected chi connectivity index (χ0v) is 15.3. The maximum atomic E-state index is 13.3. The van der Waals surface area contributed by atoms with Crippen LogP contribution in [0.1, 0.15) is 31.9 Å². The standard InChI is InChI=1S/C21H23FN2O/c1-14-12-21(2,3)24(4)19-11-20(25-5)15(9-18(14)19)13-23-17-8-6-7-16(22)10-17/h6-13H,1-5H3. The lowest BCUT2D eigenvalue weighted by atomic mass is 9.88. The molecule has 0 aliphatic carbocycles. The maximum absolute atomic E-state index is 13.3. The summed E-state index contributed by atoms with van der Waals surface area (Å²) in [6, 6.07) is 10.4. The van der Waals surface area contributed by atoms with E-state index in [2.05, 4.69) is 49.9 Å². The Labute approximate surface area is 148 Å². The summed E-state index contributed by atoms with van der Waals surface area (Å²) >= 11 is 0. The molecule has 0 amide bonds. The van der Waals surface area contributed by atoms with E-state index >= 15 is 0 Å². The van der Waals surface area contributed by atoms with Crippen molar-refractivity contribution >= 4 is 23.2 Å². The molecule has 0 unspecified atom stereocenters. The molecule has 3 nitrogen and oxygen atoms in total. The summed E-state index contributed by atoms with van der Waals surface area (Å²) in [7, 11) is 3.74. The first-order valence-electron chi connectivity index (χ1n) is 8.27. The highest BCUT2D eigenvalue weighted by Crippen LogP contribution is 2.40. The third kappa shape index (κ3) is 3.29. The van der Waals surface area contributed by atoms with Crippen LogP contribution < -0.4 is 9.64 Å². The molecule has 0 spiro atoms. The second-order valence-corrected chi connectivity index (χ2v) is 6.89. The van der Waals surface area contributed by atoms with Crippen molar-refractivity contribution in [2.45, 2.75) is 26.3 Å². The molecule has 25 heavy (non-hydrogen) atoms. The van der Waals surface area contributed by atoms with Crippen molar-refractivity contribution in [1.29, 1.82) is 0 Å². The predicted molar refractivity (Wildman–Crippen MR) is 103 cm³/mol. The fourth-order valence-corrected chi connectivity index (χ4v) is 3.17. The van der Waals surface area contributed by atoms with Gasteiger partial charge in [-0.25, -0.2) is 4.39 Å². The van der Waals surface area contributed by atoms with Crippen LogP contribution in [0, 0.1) is 5.82 Å². The molecule has 0 atom stereocenters. The fraction of sp³-hybridized carbons (Fsp3) is 0.286. The predicted octanol–water partition coefficient (Wildman–Crippen LogP) is 5.22. The number of rotatable bonds is 3. The topological polar surface area (TPSA) is 24.8 Å². The average molecular weight is 338 g/mol. The van der Waals surface area contributed by atoms with Crippen LogP contribution in [-0.2, 0) is 0 Å². The molecule has 1 heterocycles. The Morgan fingerprint density at radius 3 is 2.64 bits per heavy atom. The quantitative estimate of drug-likeness (QED) is 0.717. The molecule has 4 heteroatoms. The molecule has 0 fully saturated rings. The Balaban J connectivity index is 2.06. The van der Waals surface area contributed by atoms with Gasteiger partial charge in [0.1, 0.15) is 11.6 Å². The molecule has 1 aliphatic heterocycles. The van der Waals surface area contributed by atoms with Crippen LogP contribution >= 0.6 is 0 Å². The maximum Gasteiger partial charge on any atom is 0.129 e. The molecule has 0 radical (unpaired) electrons. The minimum absolute atomic E-state index is 0.0563. The summed E-state index contributed by atoms with van der Waals surface area (Å²) in [6.45, 7) is 6.49. The Bertz CT molecular complexity index is 868. The van der Waals surface area contributed by atoms with Crippen molar-refractivity contribution in [2.75, 3.05) is 19.1 Å². The average Bonchev–Trinajstić information content (AvgIpc) is 2.57. The van der Waals surface area contributed by atoms with Crippen LogP contribution in [0.3, 0.4) is 0 Å². The van der Waals surface area contributed by atoms with E-state index in [4.69, 9.17) is 4.74 Å². The Morgan fingerprint density at radius 1 is 1.20 bits per heavy atom. The van der Waals surface area contributed by atoms with Gasteiger partial charge in [-0.2, -0.15) is 0 Å². The van der Waals surface area contributed by atoms with E-state index in [1.807, 2.05) is 6.07 Å². The van der Waals surface area contributed by atoms with Gasteiger partial charge in [0, 0.05) is 36.1 Å². The van der Waals surface area contributed by atoms with Gasteiger partial charge < -0.3 is 9.64 Å². The third-order valence-corrected chi connectivity index (χ3v) is 4.73. The number of hydrogen-bond donors (Lipinski definition) is 0. The van der Waals surface area contributed by atoms with E-state index in [0.29, 0.717) is 5.69 Å². The molecule has 0 saturated carbocycles. The van der Waals surface area contributed by atoms with E-state index < -0.39 is 0 Å². The molecule has 0 saturated heterocycles. The Hall–Kier alpha value is -2.62. The normalized spacial score (nSPS) is 15.9. The van der Waals surface area contributed by atoms with Crippen LogP contribution in [0.15, 0.2) is 47.5 Å². The molecule has 2 aromatic carbocycles. The highest BCUT2D eigenvalue weighted by molar-refractivity contribution is 5.91. The number of benzene rings is 2. The molecule has 1 aliphatic rings. The second kappa shape index (κ2) is 6.36. The lowest BCUT2D eigenvalue weighted by molar-refractivity contribution is 0.414. The van der Waals surface area contributed by atoms with Crippen LogP contribution in [0.5, 0.6) is 5.75 Å². The molecule has 3 rings (SSSR count). The summed E-state index contributed by atoms with van der Waals surface area (Å²) in [5.74, 6) is 0.450. The van der Waals surface area contributed by atoms with Crippen molar-refractivity contribution in [1.82, 2.24) is 0 Å². The van der Waals surface area contributed by atoms with Gasteiger partial charge in [-0.05, 0) is 50.6 Å². The van der Waals surface area contributed by atoms with E-state index in [1.54, 1.807) is 25.5 Å². The number of halogens is 1. The first-order valence-corrected chi connectivity index (χ1v) is 8.27. The lowest BCUT2D eigenvalue weighted by Crippen LogP contribution is -2.42. The van der Waals surface area contributed by atoms with Gasteiger partial charge in [0.15, 0.2) is 0 Å². The zero-order valence-electron chi connectivity index (χ0n) is 15.3. The summed E-state index contributed by atoms with van der Waals surface area (Å²) in [5, 5.41) is 0. The van der Waals surface area contributed by atoms with Crippen LogP contribution in [0.2, 0.25) is 0 Å². The van der Waals surface area contributed by atoms with Crippen LogP contribution in [0.25, 0.3) is 5.57 Å². The number of anilines is 1. The summed E-state index contributed by atoms with van der Waals surface area (Å²) in [5.41, 5.74) is 4.89. The number of hydrogen-bond acceptors (Lipinski definition) is 3. The van der Waals surface area contributed by atoms with E-state index in [1.165, 1.54) is 17.7 Å². The number of nitrogens with zero attached hydrogens (tertiary/aromatic N) is 2. The van der Waals surface area contributed by atoms with Crippen molar-refractivity contribution in [2.24, 2.45) is 4.99 Å². The van der Waals surface area contributed by atoms with Gasteiger partial charge in [-0.3, -0.25) is 4.99 Å². The Kier molecular flexibility index (Phi) is 4.38. The summed E-state index contributed by atoms with van der Waals surface area (Å²) in [6.07, 6.45) is 3.98.